The Hall–Kier alpha value is -3.54. The molecule has 0 saturated carbocycles. The van der Waals surface area contributed by atoms with E-state index in [1.807, 2.05) is 30.3 Å². The molecule has 0 bridgehead atoms. The number of carbonyl (C=O) groups excluding carboxylic acids is 2. The van der Waals surface area contributed by atoms with Crippen molar-refractivity contribution >= 4 is 11.8 Å². The SMILES string of the molecule is CN(C)C(=O)[C@@]1(Cc2ccc(-c3ccccc3F)cc2)CCCN(C(=O)c2ccccn2)C1. The Bertz CT molecular complexity index is 1130. The molecular weight excluding hydrogens is 417 g/mol. The number of pyridine rings is 1. The van der Waals surface area contributed by atoms with Crippen LogP contribution in [0.1, 0.15) is 28.9 Å². The molecule has 6 heteroatoms. The molecule has 0 N–H and O–H groups in total. The van der Waals surface area contributed by atoms with Crippen molar-refractivity contribution in [1.29, 1.82) is 0 Å². The third-order valence-corrected chi connectivity index (χ3v) is 6.29. The third kappa shape index (κ3) is 4.80. The molecule has 2 aromatic carbocycles. The summed E-state index contributed by atoms with van der Waals surface area (Å²) in [6, 6.07) is 19.6. The number of benzene rings is 2. The molecule has 4 rings (SSSR count). The Labute approximate surface area is 193 Å². The van der Waals surface area contributed by atoms with Crippen LogP contribution in [0.2, 0.25) is 0 Å². The van der Waals surface area contributed by atoms with Gasteiger partial charge in [0.25, 0.3) is 5.91 Å². The van der Waals surface area contributed by atoms with Crippen LogP contribution >= 0.6 is 0 Å². The van der Waals surface area contributed by atoms with Gasteiger partial charge < -0.3 is 9.80 Å². The lowest BCUT2D eigenvalue weighted by Gasteiger charge is -2.43. The fraction of sp³-hybridized carbons (Fsp3) is 0.296. The molecule has 5 nitrogen and oxygen atoms in total. The quantitative estimate of drug-likeness (QED) is 0.583. The number of likely N-dealkylation sites (tertiary alicyclic amines) is 1. The number of hydrogen-bond acceptors (Lipinski definition) is 3. The second kappa shape index (κ2) is 9.53. The van der Waals surface area contributed by atoms with Crippen LogP contribution in [-0.4, -0.2) is 53.8 Å². The van der Waals surface area contributed by atoms with Gasteiger partial charge in [0.1, 0.15) is 11.5 Å². The van der Waals surface area contributed by atoms with Crippen LogP contribution < -0.4 is 0 Å². The Morgan fingerprint density at radius 2 is 1.76 bits per heavy atom. The van der Waals surface area contributed by atoms with E-state index in [1.54, 1.807) is 60.4 Å². The zero-order chi connectivity index (χ0) is 23.4. The Balaban J connectivity index is 1.60. The van der Waals surface area contributed by atoms with Crippen molar-refractivity contribution in [3.05, 3.63) is 90.0 Å². The van der Waals surface area contributed by atoms with E-state index < -0.39 is 5.41 Å². The van der Waals surface area contributed by atoms with Crippen molar-refractivity contribution in [2.45, 2.75) is 19.3 Å². The predicted molar refractivity (Wildman–Crippen MR) is 126 cm³/mol. The zero-order valence-corrected chi connectivity index (χ0v) is 19.0. The fourth-order valence-corrected chi connectivity index (χ4v) is 4.71. The van der Waals surface area contributed by atoms with E-state index in [0.717, 1.165) is 17.5 Å². The minimum absolute atomic E-state index is 0.0131. The molecular formula is C27H28FN3O2. The van der Waals surface area contributed by atoms with Crippen molar-refractivity contribution in [2.75, 3.05) is 27.2 Å². The smallest absolute Gasteiger partial charge is 0.272 e. The van der Waals surface area contributed by atoms with Gasteiger partial charge in [0.05, 0.1) is 5.41 Å². The first-order valence-corrected chi connectivity index (χ1v) is 11.2. The molecule has 1 atom stereocenters. The molecule has 170 valence electrons. The molecule has 0 radical (unpaired) electrons. The van der Waals surface area contributed by atoms with Gasteiger partial charge in [-0.1, -0.05) is 48.5 Å². The normalized spacial score (nSPS) is 18.1. The summed E-state index contributed by atoms with van der Waals surface area (Å²) in [6.07, 6.45) is 3.55. The summed E-state index contributed by atoms with van der Waals surface area (Å²) in [4.78, 5) is 34.0. The van der Waals surface area contributed by atoms with Crippen LogP contribution in [0.3, 0.4) is 0 Å². The van der Waals surface area contributed by atoms with E-state index in [0.29, 0.717) is 37.2 Å². The molecule has 0 aliphatic carbocycles. The van der Waals surface area contributed by atoms with Crippen molar-refractivity contribution < 1.29 is 14.0 Å². The van der Waals surface area contributed by atoms with Gasteiger partial charge in [-0.25, -0.2) is 4.39 Å². The molecule has 1 aliphatic heterocycles. The number of piperidine rings is 1. The molecule has 1 aliphatic rings. The maximum atomic E-state index is 14.2. The summed E-state index contributed by atoms with van der Waals surface area (Å²) >= 11 is 0. The van der Waals surface area contributed by atoms with Crippen LogP contribution in [0.5, 0.6) is 0 Å². The highest BCUT2D eigenvalue weighted by atomic mass is 19.1. The number of rotatable bonds is 5. The first-order valence-electron chi connectivity index (χ1n) is 11.2. The molecule has 3 aromatic rings. The van der Waals surface area contributed by atoms with Gasteiger partial charge in [-0.2, -0.15) is 0 Å². The van der Waals surface area contributed by atoms with E-state index >= 15 is 0 Å². The van der Waals surface area contributed by atoms with Crippen molar-refractivity contribution in [2.24, 2.45) is 5.41 Å². The van der Waals surface area contributed by atoms with Gasteiger partial charge in [-0.3, -0.25) is 14.6 Å². The van der Waals surface area contributed by atoms with Gasteiger partial charge in [-0.05, 0) is 48.6 Å². The first-order chi connectivity index (χ1) is 15.9. The van der Waals surface area contributed by atoms with Crippen LogP contribution in [0, 0.1) is 11.2 Å². The Morgan fingerprint density at radius 1 is 1.03 bits per heavy atom. The number of carbonyl (C=O) groups is 2. The van der Waals surface area contributed by atoms with Crippen molar-refractivity contribution in [3.8, 4) is 11.1 Å². The average Bonchev–Trinajstić information content (AvgIpc) is 2.84. The van der Waals surface area contributed by atoms with E-state index in [9.17, 15) is 14.0 Å². The summed E-state index contributed by atoms with van der Waals surface area (Å²) in [7, 11) is 3.51. The summed E-state index contributed by atoms with van der Waals surface area (Å²) in [5.41, 5.74) is 2.00. The van der Waals surface area contributed by atoms with E-state index in [1.165, 1.54) is 6.07 Å². The highest BCUT2D eigenvalue weighted by Crippen LogP contribution is 2.36. The fourth-order valence-electron chi connectivity index (χ4n) is 4.71. The lowest BCUT2D eigenvalue weighted by molar-refractivity contribution is -0.142. The maximum absolute atomic E-state index is 14.2. The molecule has 33 heavy (non-hydrogen) atoms. The van der Waals surface area contributed by atoms with Gasteiger partial charge in [0.15, 0.2) is 0 Å². The monoisotopic (exact) mass is 445 g/mol. The van der Waals surface area contributed by atoms with Crippen LogP contribution in [-0.2, 0) is 11.2 Å². The minimum atomic E-state index is -0.717. The van der Waals surface area contributed by atoms with Crippen LogP contribution in [0.15, 0.2) is 72.9 Å². The molecule has 0 spiro atoms. The first kappa shape index (κ1) is 22.6. The number of aromatic nitrogens is 1. The predicted octanol–water partition coefficient (Wildman–Crippen LogP) is 4.44. The van der Waals surface area contributed by atoms with Gasteiger partial charge in [0, 0.05) is 38.9 Å². The summed E-state index contributed by atoms with van der Waals surface area (Å²) < 4.78 is 14.2. The Kier molecular flexibility index (Phi) is 6.54. The lowest BCUT2D eigenvalue weighted by atomic mass is 9.73. The zero-order valence-electron chi connectivity index (χ0n) is 19.0. The molecule has 1 fully saturated rings. The summed E-state index contributed by atoms with van der Waals surface area (Å²) in [6.45, 7) is 0.943. The van der Waals surface area contributed by atoms with Crippen LogP contribution in [0.4, 0.5) is 4.39 Å². The van der Waals surface area contributed by atoms with E-state index in [4.69, 9.17) is 0 Å². The highest BCUT2D eigenvalue weighted by Gasteiger charge is 2.44. The van der Waals surface area contributed by atoms with Crippen molar-refractivity contribution in [1.82, 2.24) is 14.8 Å². The number of amides is 2. The molecule has 1 aromatic heterocycles. The Morgan fingerprint density at radius 3 is 2.42 bits per heavy atom. The highest BCUT2D eigenvalue weighted by molar-refractivity contribution is 5.93. The maximum Gasteiger partial charge on any atom is 0.272 e. The average molecular weight is 446 g/mol. The van der Waals surface area contributed by atoms with Crippen molar-refractivity contribution in [3.63, 3.8) is 0 Å². The lowest BCUT2D eigenvalue weighted by Crippen LogP contribution is -2.54. The third-order valence-electron chi connectivity index (χ3n) is 6.29. The summed E-state index contributed by atoms with van der Waals surface area (Å²) in [5, 5.41) is 0. The number of hydrogen-bond donors (Lipinski definition) is 0. The second-order valence-electron chi connectivity index (χ2n) is 8.88. The van der Waals surface area contributed by atoms with Gasteiger partial charge >= 0.3 is 0 Å². The number of nitrogens with zero attached hydrogens (tertiary/aromatic N) is 3. The second-order valence-corrected chi connectivity index (χ2v) is 8.88. The van der Waals surface area contributed by atoms with Crippen LogP contribution in [0.25, 0.3) is 11.1 Å². The van der Waals surface area contributed by atoms with Gasteiger partial charge in [-0.15, -0.1) is 0 Å². The van der Waals surface area contributed by atoms with E-state index in [2.05, 4.69) is 4.98 Å². The van der Waals surface area contributed by atoms with E-state index in [-0.39, 0.29) is 17.6 Å². The topological polar surface area (TPSA) is 53.5 Å². The number of halogens is 1. The minimum Gasteiger partial charge on any atom is -0.348 e. The molecule has 2 amide bonds. The molecule has 2 heterocycles. The summed E-state index contributed by atoms with van der Waals surface area (Å²) in [5.74, 6) is -0.402. The molecule has 1 saturated heterocycles. The largest absolute Gasteiger partial charge is 0.348 e. The molecule has 0 unspecified atom stereocenters. The van der Waals surface area contributed by atoms with Gasteiger partial charge in [0.2, 0.25) is 5.91 Å². The standard InChI is InChI=1S/C27H28FN3O2/c1-30(2)26(33)27(15-7-17-31(19-27)25(32)24-10-5-6-16-29-24)18-20-11-13-21(14-12-20)22-8-3-4-9-23(22)28/h3-6,8-14,16H,7,15,17-19H2,1-2H3/t27-/m1/s1.